The SMILES string of the molecule is C=CCC[C@@H](C(=O)N[C@@H](Cc1ccccc1)[C@H](O)CN[C@H]1C[C@@H](OCC=C)c2ccc(OC(C)C)cc21)N(C)S(=O)(=O)CCC(F)(F)F. The summed E-state index contributed by atoms with van der Waals surface area (Å²) in [5.41, 5.74) is 2.78. The predicted octanol–water partition coefficient (Wildman–Crippen LogP) is 5.39. The van der Waals surface area contributed by atoms with E-state index >= 15 is 0 Å². The van der Waals surface area contributed by atoms with E-state index in [1.54, 1.807) is 6.08 Å². The maximum absolute atomic E-state index is 13.7. The van der Waals surface area contributed by atoms with Gasteiger partial charge in [-0.2, -0.15) is 17.5 Å². The van der Waals surface area contributed by atoms with Gasteiger partial charge in [-0.15, -0.1) is 13.2 Å². The van der Waals surface area contributed by atoms with Gasteiger partial charge in [-0.05, 0) is 68.4 Å². The number of carbonyl (C=O) groups is 1. The second-order valence-corrected chi connectivity index (χ2v) is 14.4. The van der Waals surface area contributed by atoms with Crippen LogP contribution < -0.4 is 15.4 Å². The number of nitrogens with zero attached hydrogens (tertiary/aromatic N) is 1. The number of sulfonamides is 1. The first-order chi connectivity index (χ1) is 22.6. The molecule has 48 heavy (non-hydrogen) atoms. The van der Waals surface area contributed by atoms with Gasteiger partial charge < -0.3 is 25.2 Å². The largest absolute Gasteiger partial charge is 0.491 e. The number of rotatable bonds is 20. The Morgan fingerprint density at radius 3 is 2.46 bits per heavy atom. The van der Waals surface area contributed by atoms with Gasteiger partial charge in [0.2, 0.25) is 15.9 Å². The Labute approximate surface area is 282 Å². The molecule has 1 amide bonds. The average molecular weight is 696 g/mol. The number of allylic oxidation sites excluding steroid dienone is 1. The molecule has 0 radical (unpaired) electrons. The molecule has 1 aliphatic carbocycles. The van der Waals surface area contributed by atoms with Gasteiger partial charge in [0, 0.05) is 19.6 Å². The van der Waals surface area contributed by atoms with Crippen LogP contribution >= 0.6 is 0 Å². The molecule has 2 aromatic rings. The van der Waals surface area contributed by atoms with E-state index in [1.807, 2.05) is 62.4 Å². The number of hydrogen-bond acceptors (Lipinski definition) is 7. The first-order valence-corrected chi connectivity index (χ1v) is 17.7. The van der Waals surface area contributed by atoms with Crippen molar-refractivity contribution in [3.05, 3.63) is 90.5 Å². The number of ether oxygens (including phenoxy) is 2. The van der Waals surface area contributed by atoms with Crippen LogP contribution in [0.4, 0.5) is 13.2 Å². The number of aliphatic hydroxyl groups excluding tert-OH is 1. The van der Waals surface area contributed by atoms with Gasteiger partial charge >= 0.3 is 6.18 Å². The molecule has 0 fully saturated rings. The third-order valence-electron chi connectivity index (χ3n) is 8.15. The average Bonchev–Trinajstić information content (AvgIpc) is 3.37. The lowest BCUT2D eigenvalue weighted by molar-refractivity contribution is -0.130. The Bertz CT molecular complexity index is 1460. The Balaban J connectivity index is 1.83. The molecule has 0 bridgehead atoms. The molecule has 1 aliphatic rings. The molecule has 13 heteroatoms. The summed E-state index contributed by atoms with van der Waals surface area (Å²) in [4.78, 5) is 13.7. The maximum atomic E-state index is 13.7. The van der Waals surface area contributed by atoms with Crippen LogP contribution in [0.2, 0.25) is 0 Å². The van der Waals surface area contributed by atoms with Gasteiger partial charge in [-0.1, -0.05) is 48.6 Å². The molecule has 0 saturated heterocycles. The summed E-state index contributed by atoms with van der Waals surface area (Å²) >= 11 is 0. The highest BCUT2D eigenvalue weighted by Gasteiger charge is 2.37. The molecule has 5 atom stereocenters. The molecule has 0 heterocycles. The zero-order chi connectivity index (χ0) is 35.5. The van der Waals surface area contributed by atoms with Crippen molar-refractivity contribution in [3.8, 4) is 5.75 Å². The number of fused-ring (bicyclic) bond motifs is 1. The fourth-order valence-corrected chi connectivity index (χ4v) is 7.03. The molecular formula is C35H48F3N3O6S. The van der Waals surface area contributed by atoms with Crippen molar-refractivity contribution < 1.29 is 41.0 Å². The standard InChI is InChI=1S/C35H48F3N3O6S/c1-6-8-14-31(41(5)48(44,45)19-17-35(36,37)38)34(43)40-30(20-25-12-10-9-11-13-25)32(42)23-39-29-22-33(46-18-7-2)27-16-15-26(21-28(27)29)47-24(3)4/h6-7,9-13,15-16,21,24,29-33,39,42H,1-2,8,14,17-20,22-23H2,3-5H3,(H,40,43)/t29-,30-,31-,32+,33+/m0/s1. The fourth-order valence-electron chi connectivity index (χ4n) is 5.67. The number of amides is 1. The molecule has 3 rings (SSSR count). The molecular weight excluding hydrogens is 647 g/mol. The van der Waals surface area contributed by atoms with E-state index in [9.17, 15) is 31.5 Å². The van der Waals surface area contributed by atoms with Crippen LogP contribution in [-0.2, 0) is 26.0 Å². The molecule has 2 aromatic carbocycles. The topological polar surface area (TPSA) is 117 Å². The first-order valence-electron chi connectivity index (χ1n) is 16.1. The van der Waals surface area contributed by atoms with Crippen LogP contribution in [0.1, 0.15) is 68.4 Å². The van der Waals surface area contributed by atoms with Crippen LogP contribution in [0.15, 0.2) is 73.8 Å². The van der Waals surface area contributed by atoms with Crippen molar-refractivity contribution in [2.24, 2.45) is 0 Å². The van der Waals surface area contributed by atoms with Crippen LogP contribution in [0.5, 0.6) is 5.75 Å². The summed E-state index contributed by atoms with van der Waals surface area (Å²) in [5.74, 6) is -1.21. The van der Waals surface area contributed by atoms with Gasteiger partial charge in [-0.25, -0.2) is 8.42 Å². The molecule has 0 aromatic heterocycles. The highest BCUT2D eigenvalue weighted by Crippen LogP contribution is 2.42. The fraction of sp³-hybridized carbons (Fsp3) is 0.514. The molecule has 0 unspecified atom stereocenters. The smallest absolute Gasteiger partial charge is 0.390 e. The lowest BCUT2D eigenvalue weighted by Crippen LogP contribution is -2.55. The van der Waals surface area contributed by atoms with E-state index in [0.29, 0.717) is 23.1 Å². The molecule has 0 spiro atoms. The Morgan fingerprint density at radius 1 is 1.12 bits per heavy atom. The van der Waals surface area contributed by atoms with Gasteiger partial charge in [0.05, 0.1) is 43.1 Å². The summed E-state index contributed by atoms with van der Waals surface area (Å²) < 4.78 is 76.9. The van der Waals surface area contributed by atoms with E-state index in [1.165, 1.54) is 6.08 Å². The summed E-state index contributed by atoms with van der Waals surface area (Å²) in [6, 6.07) is 12.6. The Morgan fingerprint density at radius 2 is 1.83 bits per heavy atom. The molecule has 9 nitrogen and oxygen atoms in total. The summed E-state index contributed by atoms with van der Waals surface area (Å²) in [5, 5.41) is 17.7. The van der Waals surface area contributed by atoms with Gasteiger partial charge in [-0.3, -0.25) is 4.79 Å². The second-order valence-electron chi connectivity index (χ2n) is 12.2. The zero-order valence-corrected chi connectivity index (χ0v) is 28.6. The minimum absolute atomic E-state index is 0.00474. The number of alkyl halides is 3. The van der Waals surface area contributed by atoms with Crippen molar-refractivity contribution in [3.63, 3.8) is 0 Å². The lowest BCUT2D eigenvalue weighted by Gasteiger charge is -2.31. The molecule has 0 aliphatic heterocycles. The number of carbonyl (C=O) groups excluding carboxylic acids is 1. The minimum atomic E-state index is -4.68. The van der Waals surface area contributed by atoms with Crippen LogP contribution in [0.3, 0.4) is 0 Å². The van der Waals surface area contributed by atoms with Crippen molar-refractivity contribution in [1.29, 1.82) is 0 Å². The number of hydrogen-bond donors (Lipinski definition) is 3. The van der Waals surface area contributed by atoms with Crippen LogP contribution in [0.25, 0.3) is 0 Å². The Kier molecular flexibility index (Phi) is 14.7. The van der Waals surface area contributed by atoms with E-state index in [4.69, 9.17) is 9.47 Å². The van der Waals surface area contributed by atoms with Crippen LogP contribution in [-0.4, -0.2) is 80.2 Å². The van der Waals surface area contributed by atoms with Gasteiger partial charge in [0.1, 0.15) is 11.8 Å². The van der Waals surface area contributed by atoms with Gasteiger partial charge in [0.15, 0.2) is 0 Å². The Hall–Kier alpha value is -3.23. The second kappa shape index (κ2) is 18.0. The third kappa shape index (κ3) is 11.7. The van der Waals surface area contributed by atoms with Crippen molar-refractivity contribution in [1.82, 2.24) is 14.9 Å². The highest BCUT2D eigenvalue weighted by molar-refractivity contribution is 7.89. The van der Waals surface area contributed by atoms with Crippen molar-refractivity contribution in [2.75, 3.05) is 26.0 Å². The summed E-state index contributed by atoms with van der Waals surface area (Å²) in [6.45, 7) is 11.7. The molecule has 3 N–H and O–H groups in total. The number of aliphatic hydroxyl groups is 1. The van der Waals surface area contributed by atoms with Gasteiger partial charge in [0.25, 0.3) is 0 Å². The maximum Gasteiger partial charge on any atom is 0.390 e. The zero-order valence-electron chi connectivity index (χ0n) is 27.8. The number of likely N-dealkylation sites (N-methyl/N-ethyl adjacent to an activating group) is 1. The number of halogens is 3. The van der Waals surface area contributed by atoms with E-state index in [2.05, 4.69) is 23.8 Å². The normalized spacial score (nSPS) is 18.3. The van der Waals surface area contributed by atoms with Crippen LogP contribution in [0, 0.1) is 0 Å². The van der Waals surface area contributed by atoms with Crippen molar-refractivity contribution >= 4 is 15.9 Å². The molecule has 0 saturated carbocycles. The molecule has 266 valence electrons. The minimum Gasteiger partial charge on any atom is -0.491 e. The van der Waals surface area contributed by atoms with Crippen molar-refractivity contribution in [2.45, 2.75) is 88.6 Å². The number of benzene rings is 2. The summed E-state index contributed by atoms with van der Waals surface area (Å²) in [7, 11) is -3.34. The lowest BCUT2D eigenvalue weighted by atomic mass is 9.99. The predicted molar refractivity (Wildman–Crippen MR) is 180 cm³/mol. The highest BCUT2D eigenvalue weighted by atomic mass is 32.2. The monoisotopic (exact) mass is 695 g/mol. The number of nitrogens with one attached hydrogen (secondary N) is 2. The third-order valence-corrected chi connectivity index (χ3v) is 10.0. The first kappa shape index (κ1) is 39.2. The van der Waals surface area contributed by atoms with E-state index in [0.717, 1.165) is 23.7 Å². The van der Waals surface area contributed by atoms with E-state index < -0.39 is 52.5 Å². The summed E-state index contributed by atoms with van der Waals surface area (Å²) in [6.07, 6.45) is -3.36. The van der Waals surface area contributed by atoms with E-state index in [-0.39, 0.29) is 44.1 Å². The quantitative estimate of drug-likeness (QED) is 0.159.